The Hall–Kier alpha value is -2.62. The van der Waals surface area contributed by atoms with Gasteiger partial charge in [-0.2, -0.15) is 0 Å². The van der Waals surface area contributed by atoms with Crippen molar-refractivity contribution in [1.82, 2.24) is 0 Å². The van der Waals surface area contributed by atoms with Crippen molar-refractivity contribution < 1.29 is 19.1 Å². The van der Waals surface area contributed by atoms with Gasteiger partial charge >= 0.3 is 11.9 Å². The third-order valence-corrected chi connectivity index (χ3v) is 5.26. The molecule has 2 atom stereocenters. The molecule has 130 valence electrons. The van der Waals surface area contributed by atoms with Crippen LogP contribution in [-0.4, -0.2) is 26.2 Å². The van der Waals surface area contributed by atoms with E-state index in [2.05, 4.69) is 0 Å². The van der Waals surface area contributed by atoms with Crippen LogP contribution in [0.2, 0.25) is 0 Å². The molecule has 1 aliphatic carbocycles. The summed E-state index contributed by atoms with van der Waals surface area (Å²) >= 11 is 0. The molecule has 2 aromatic carbocycles. The SMILES string of the molecule is COC(=O)C1(C(=O)OC)C[C@H](c2ccccc2)C[C@@H]1c1ccccc1. The lowest BCUT2D eigenvalue weighted by molar-refractivity contribution is -0.170. The molecule has 3 rings (SSSR count). The molecule has 0 spiro atoms. The highest BCUT2D eigenvalue weighted by molar-refractivity contribution is 6.02. The van der Waals surface area contributed by atoms with Gasteiger partial charge in [-0.25, -0.2) is 0 Å². The maximum absolute atomic E-state index is 12.8. The molecular formula is C21H22O4. The van der Waals surface area contributed by atoms with Crippen molar-refractivity contribution >= 4 is 11.9 Å². The van der Waals surface area contributed by atoms with E-state index in [1.165, 1.54) is 14.2 Å². The van der Waals surface area contributed by atoms with Crippen LogP contribution in [0.15, 0.2) is 60.7 Å². The van der Waals surface area contributed by atoms with Crippen LogP contribution in [0.3, 0.4) is 0 Å². The standard InChI is InChI=1S/C21H22O4/c1-24-19(22)21(20(23)25-2)14-17(15-9-5-3-6-10-15)13-18(21)16-11-7-4-8-12-16/h3-12,17-18H,13-14H2,1-2H3/t17-,18-/m1/s1. The van der Waals surface area contributed by atoms with E-state index in [1.807, 2.05) is 60.7 Å². The van der Waals surface area contributed by atoms with Crippen molar-refractivity contribution in [3.05, 3.63) is 71.8 Å². The van der Waals surface area contributed by atoms with Gasteiger partial charge in [0.25, 0.3) is 0 Å². The minimum atomic E-state index is -1.31. The summed E-state index contributed by atoms with van der Waals surface area (Å²) in [6.07, 6.45) is 1.08. The van der Waals surface area contributed by atoms with Crippen LogP contribution in [0.5, 0.6) is 0 Å². The van der Waals surface area contributed by atoms with Crippen molar-refractivity contribution in [3.8, 4) is 0 Å². The first-order chi connectivity index (χ1) is 12.1. The number of hydrogen-bond acceptors (Lipinski definition) is 4. The molecule has 0 N–H and O–H groups in total. The summed E-state index contributed by atoms with van der Waals surface area (Å²) in [4.78, 5) is 25.5. The van der Waals surface area contributed by atoms with Gasteiger partial charge in [0.1, 0.15) is 0 Å². The topological polar surface area (TPSA) is 52.6 Å². The normalized spacial score (nSPS) is 21.5. The molecule has 2 aromatic rings. The number of carbonyl (C=O) groups excluding carboxylic acids is 2. The average molecular weight is 338 g/mol. The number of esters is 2. The summed E-state index contributed by atoms with van der Waals surface area (Å²) in [6, 6.07) is 19.7. The zero-order valence-electron chi connectivity index (χ0n) is 14.5. The predicted molar refractivity (Wildman–Crippen MR) is 94.1 cm³/mol. The van der Waals surface area contributed by atoms with Crippen LogP contribution in [0.4, 0.5) is 0 Å². The molecule has 0 radical (unpaired) electrons. The zero-order valence-corrected chi connectivity index (χ0v) is 14.5. The highest BCUT2D eigenvalue weighted by Crippen LogP contribution is 2.56. The van der Waals surface area contributed by atoms with Crippen molar-refractivity contribution in [2.24, 2.45) is 5.41 Å². The van der Waals surface area contributed by atoms with Crippen molar-refractivity contribution in [2.45, 2.75) is 24.7 Å². The molecule has 0 saturated heterocycles. The first-order valence-electron chi connectivity index (χ1n) is 8.40. The van der Waals surface area contributed by atoms with E-state index in [0.29, 0.717) is 12.8 Å². The van der Waals surface area contributed by atoms with Crippen LogP contribution in [0.25, 0.3) is 0 Å². The Labute approximate surface area is 147 Å². The minimum absolute atomic E-state index is 0.0876. The Morgan fingerprint density at radius 1 is 0.840 bits per heavy atom. The van der Waals surface area contributed by atoms with Gasteiger partial charge in [0.05, 0.1) is 14.2 Å². The summed E-state index contributed by atoms with van der Waals surface area (Å²) in [7, 11) is 2.65. The van der Waals surface area contributed by atoms with E-state index >= 15 is 0 Å². The van der Waals surface area contributed by atoms with Crippen LogP contribution in [0, 0.1) is 5.41 Å². The van der Waals surface area contributed by atoms with Gasteiger partial charge < -0.3 is 9.47 Å². The van der Waals surface area contributed by atoms with Gasteiger partial charge in [0.15, 0.2) is 5.41 Å². The summed E-state index contributed by atoms with van der Waals surface area (Å²) in [5.74, 6) is -1.23. The van der Waals surface area contributed by atoms with Crippen LogP contribution in [-0.2, 0) is 19.1 Å². The molecule has 0 unspecified atom stereocenters. The number of benzene rings is 2. The highest BCUT2D eigenvalue weighted by atomic mass is 16.5. The second-order valence-corrected chi connectivity index (χ2v) is 6.47. The first kappa shape index (κ1) is 17.2. The lowest BCUT2D eigenvalue weighted by atomic mass is 9.74. The molecule has 1 saturated carbocycles. The zero-order chi connectivity index (χ0) is 17.9. The van der Waals surface area contributed by atoms with Gasteiger partial charge in [-0.1, -0.05) is 60.7 Å². The number of methoxy groups -OCH3 is 2. The van der Waals surface area contributed by atoms with Crippen molar-refractivity contribution in [2.75, 3.05) is 14.2 Å². The number of ether oxygens (including phenoxy) is 2. The van der Waals surface area contributed by atoms with E-state index in [4.69, 9.17) is 9.47 Å². The molecule has 1 fully saturated rings. The predicted octanol–water partition coefficient (Wildman–Crippen LogP) is 3.68. The fourth-order valence-corrected chi connectivity index (χ4v) is 4.08. The smallest absolute Gasteiger partial charge is 0.323 e. The van der Waals surface area contributed by atoms with Gasteiger partial charge in [-0.3, -0.25) is 9.59 Å². The molecule has 25 heavy (non-hydrogen) atoms. The summed E-state index contributed by atoms with van der Waals surface area (Å²) in [5, 5.41) is 0. The molecule has 0 aliphatic heterocycles. The van der Waals surface area contributed by atoms with Crippen molar-refractivity contribution in [3.63, 3.8) is 0 Å². The van der Waals surface area contributed by atoms with Crippen molar-refractivity contribution in [1.29, 1.82) is 0 Å². The van der Waals surface area contributed by atoms with Gasteiger partial charge in [-0.15, -0.1) is 0 Å². The molecule has 4 heteroatoms. The third kappa shape index (κ3) is 2.93. The summed E-state index contributed by atoms with van der Waals surface area (Å²) in [5.41, 5.74) is 0.764. The second-order valence-electron chi connectivity index (χ2n) is 6.47. The average Bonchev–Trinajstić information content (AvgIpc) is 3.10. The Morgan fingerprint density at radius 2 is 1.32 bits per heavy atom. The maximum Gasteiger partial charge on any atom is 0.323 e. The van der Waals surface area contributed by atoms with E-state index in [-0.39, 0.29) is 11.8 Å². The first-order valence-corrected chi connectivity index (χ1v) is 8.40. The molecule has 0 amide bonds. The number of hydrogen-bond donors (Lipinski definition) is 0. The number of carbonyl (C=O) groups is 2. The summed E-state index contributed by atoms with van der Waals surface area (Å²) < 4.78 is 10.1. The van der Waals surface area contributed by atoms with Crippen LogP contribution >= 0.6 is 0 Å². The molecule has 0 heterocycles. The quantitative estimate of drug-likeness (QED) is 0.630. The minimum Gasteiger partial charge on any atom is -0.468 e. The monoisotopic (exact) mass is 338 g/mol. The van der Waals surface area contributed by atoms with E-state index in [1.54, 1.807) is 0 Å². The largest absolute Gasteiger partial charge is 0.468 e. The fourth-order valence-electron chi connectivity index (χ4n) is 4.08. The maximum atomic E-state index is 12.8. The van der Waals surface area contributed by atoms with Gasteiger partial charge in [-0.05, 0) is 29.9 Å². The van der Waals surface area contributed by atoms with E-state index in [0.717, 1.165) is 11.1 Å². The second kappa shape index (κ2) is 7.09. The molecule has 0 aromatic heterocycles. The van der Waals surface area contributed by atoms with E-state index in [9.17, 15) is 9.59 Å². The third-order valence-electron chi connectivity index (χ3n) is 5.26. The van der Waals surface area contributed by atoms with Gasteiger partial charge in [0.2, 0.25) is 0 Å². The Morgan fingerprint density at radius 3 is 1.80 bits per heavy atom. The Kier molecular flexibility index (Phi) is 4.88. The molecule has 0 bridgehead atoms. The van der Waals surface area contributed by atoms with Gasteiger partial charge in [0, 0.05) is 5.92 Å². The van der Waals surface area contributed by atoms with E-state index < -0.39 is 17.4 Å². The fraction of sp³-hybridized carbons (Fsp3) is 0.333. The van der Waals surface area contributed by atoms with Crippen LogP contribution in [0.1, 0.15) is 35.8 Å². The Bertz CT molecular complexity index is 723. The molecule has 4 nitrogen and oxygen atoms in total. The van der Waals surface area contributed by atoms with Crippen LogP contribution < -0.4 is 0 Å². The highest BCUT2D eigenvalue weighted by Gasteiger charge is 2.60. The lowest BCUT2D eigenvalue weighted by Gasteiger charge is -2.30. The number of rotatable bonds is 4. The molecular weight excluding hydrogens is 316 g/mol. The summed E-state index contributed by atoms with van der Waals surface area (Å²) in [6.45, 7) is 0. The lowest BCUT2D eigenvalue weighted by Crippen LogP contribution is -2.43. The molecule has 1 aliphatic rings. The Balaban J connectivity index is 2.10.